The summed E-state index contributed by atoms with van der Waals surface area (Å²) < 4.78 is 0. The zero-order valence-electron chi connectivity index (χ0n) is 21.6. The van der Waals surface area contributed by atoms with Crippen molar-refractivity contribution in [2.45, 2.75) is 52.0 Å². The van der Waals surface area contributed by atoms with Crippen LogP contribution in [0.15, 0.2) is 73.4 Å². The molecule has 4 N–H and O–H groups in total. The zero-order chi connectivity index (χ0) is 26.8. The summed E-state index contributed by atoms with van der Waals surface area (Å²) in [5.41, 5.74) is 4.01. The normalized spacial score (nSPS) is 13.6. The molecule has 3 aromatic rings. The number of amides is 2. The predicted octanol–water partition coefficient (Wildman–Crippen LogP) is 5.22. The van der Waals surface area contributed by atoms with Crippen molar-refractivity contribution >= 4 is 28.5 Å². The Hall–Kier alpha value is -3.71. The van der Waals surface area contributed by atoms with Crippen molar-refractivity contribution in [1.29, 1.82) is 0 Å². The summed E-state index contributed by atoms with van der Waals surface area (Å²) in [5, 5.41) is 13.2. The van der Waals surface area contributed by atoms with E-state index in [-0.39, 0.29) is 17.6 Å². The molecular weight excluding hydrogens is 466 g/mol. The van der Waals surface area contributed by atoms with Crippen LogP contribution in [-0.4, -0.2) is 33.8 Å². The number of nitrogens with one attached hydrogen (secondary N) is 3. The number of hydroxylamine groups is 1. The fourth-order valence-corrected chi connectivity index (χ4v) is 4.84. The highest BCUT2D eigenvalue weighted by atomic mass is 16.5. The molecule has 0 spiro atoms. The van der Waals surface area contributed by atoms with Gasteiger partial charge in [0.15, 0.2) is 5.78 Å². The first-order valence-electron chi connectivity index (χ1n) is 12.8. The van der Waals surface area contributed by atoms with Crippen LogP contribution in [0.3, 0.4) is 0 Å². The molecule has 0 saturated carbocycles. The average molecular weight is 504 g/mol. The van der Waals surface area contributed by atoms with E-state index in [0.29, 0.717) is 37.7 Å². The molecule has 2 aromatic carbocycles. The number of aromatic amines is 1. The minimum atomic E-state index is -0.824. The fourth-order valence-electron chi connectivity index (χ4n) is 4.84. The topological polar surface area (TPSA) is 111 Å². The van der Waals surface area contributed by atoms with E-state index in [4.69, 9.17) is 0 Å². The number of H-pyrrole nitrogens is 1. The van der Waals surface area contributed by atoms with Gasteiger partial charge >= 0.3 is 0 Å². The molecule has 0 fully saturated rings. The summed E-state index contributed by atoms with van der Waals surface area (Å²) in [6.45, 7) is 7.69. The van der Waals surface area contributed by atoms with E-state index >= 15 is 0 Å². The molecule has 0 bridgehead atoms. The molecular formula is C30H37N3O4. The number of rotatable bonds is 14. The van der Waals surface area contributed by atoms with Crippen LogP contribution in [0.4, 0.5) is 0 Å². The van der Waals surface area contributed by atoms with E-state index in [2.05, 4.69) is 16.9 Å². The summed E-state index contributed by atoms with van der Waals surface area (Å²) in [5.74, 6) is -2.46. The van der Waals surface area contributed by atoms with E-state index < -0.39 is 23.8 Å². The van der Waals surface area contributed by atoms with Crippen LogP contribution in [0.5, 0.6) is 0 Å². The molecule has 196 valence electrons. The SMILES string of the molecule is C=CCCC[C@H](C(=O)NO)C(CC(C)C)C(=O)N[C@H](Cc1ccccc1)C(=O)c1c[nH]c2ccccc12. The van der Waals surface area contributed by atoms with Crippen LogP contribution in [0.2, 0.25) is 0 Å². The maximum absolute atomic E-state index is 13.8. The van der Waals surface area contributed by atoms with Crippen LogP contribution >= 0.6 is 0 Å². The Morgan fingerprint density at radius 3 is 2.38 bits per heavy atom. The number of hydrogen-bond donors (Lipinski definition) is 4. The third-order valence-electron chi connectivity index (χ3n) is 6.69. The lowest BCUT2D eigenvalue weighted by atomic mass is 9.80. The molecule has 1 unspecified atom stereocenters. The van der Waals surface area contributed by atoms with Crippen LogP contribution < -0.4 is 10.8 Å². The number of benzene rings is 2. The van der Waals surface area contributed by atoms with Crippen LogP contribution in [-0.2, 0) is 16.0 Å². The fraction of sp³-hybridized carbons (Fsp3) is 0.367. The third-order valence-corrected chi connectivity index (χ3v) is 6.69. The van der Waals surface area contributed by atoms with Crippen molar-refractivity contribution in [2.24, 2.45) is 17.8 Å². The first kappa shape index (κ1) is 27.9. The van der Waals surface area contributed by atoms with Gasteiger partial charge in [-0.25, -0.2) is 5.48 Å². The van der Waals surface area contributed by atoms with Gasteiger partial charge < -0.3 is 10.3 Å². The molecule has 7 nitrogen and oxygen atoms in total. The highest BCUT2D eigenvalue weighted by molar-refractivity contribution is 6.11. The molecule has 1 heterocycles. The number of Topliss-reactive ketones (excluding diaryl/α,β-unsaturated/α-hetero) is 1. The Morgan fingerprint density at radius 2 is 1.70 bits per heavy atom. The summed E-state index contributed by atoms with van der Waals surface area (Å²) in [7, 11) is 0. The molecule has 1 aromatic heterocycles. The molecule has 37 heavy (non-hydrogen) atoms. The smallest absolute Gasteiger partial charge is 0.247 e. The predicted molar refractivity (Wildman–Crippen MR) is 145 cm³/mol. The number of carbonyl (C=O) groups excluding carboxylic acids is 3. The molecule has 3 atom stereocenters. The van der Waals surface area contributed by atoms with Gasteiger partial charge in [0.1, 0.15) is 0 Å². The molecule has 0 aliphatic rings. The van der Waals surface area contributed by atoms with Gasteiger partial charge in [-0.3, -0.25) is 19.6 Å². The minimum Gasteiger partial charge on any atom is -0.360 e. The molecule has 0 aliphatic heterocycles. The van der Waals surface area contributed by atoms with Gasteiger partial charge in [0.2, 0.25) is 11.8 Å². The standard InChI is InChI=1S/C30H37N3O4/c1-4-5-7-15-23(30(36)33-37)24(17-20(2)3)29(35)32-27(18-21-12-8-6-9-13-21)28(34)25-19-31-26-16-11-10-14-22(25)26/h4,6,8-14,16,19-20,23-24,27,31,37H,1,5,7,15,17-18H2,2-3H3,(H,32,35)(H,33,36)/t23-,24?,27+/m0/s1. The van der Waals surface area contributed by atoms with Gasteiger partial charge in [0.25, 0.3) is 0 Å². The monoisotopic (exact) mass is 503 g/mol. The number of allylic oxidation sites excluding steroid dienone is 1. The number of unbranched alkanes of at least 4 members (excludes halogenated alkanes) is 1. The summed E-state index contributed by atoms with van der Waals surface area (Å²) in [6, 6.07) is 16.3. The molecule has 0 radical (unpaired) electrons. The Morgan fingerprint density at radius 1 is 1.00 bits per heavy atom. The highest BCUT2D eigenvalue weighted by Gasteiger charge is 2.36. The van der Waals surface area contributed by atoms with E-state index in [0.717, 1.165) is 16.5 Å². The van der Waals surface area contributed by atoms with Crippen molar-refractivity contribution < 1.29 is 19.6 Å². The third kappa shape index (κ3) is 7.40. The lowest BCUT2D eigenvalue weighted by Gasteiger charge is -2.28. The number of ketones is 1. The van der Waals surface area contributed by atoms with Gasteiger partial charge in [-0.15, -0.1) is 6.58 Å². The number of para-hydroxylation sites is 1. The number of aromatic nitrogens is 1. The second-order valence-corrected chi connectivity index (χ2v) is 9.90. The Balaban J connectivity index is 1.93. The van der Waals surface area contributed by atoms with Crippen LogP contribution in [0.1, 0.15) is 55.5 Å². The number of hydrogen-bond acceptors (Lipinski definition) is 4. The second kappa shape index (κ2) is 13.6. The Bertz CT molecular complexity index is 1200. The van der Waals surface area contributed by atoms with Crippen molar-refractivity contribution in [2.75, 3.05) is 0 Å². The van der Waals surface area contributed by atoms with Gasteiger partial charge in [0, 0.05) is 35.0 Å². The van der Waals surface area contributed by atoms with Gasteiger partial charge in [-0.1, -0.05) is 68.5 Å². The van der Waals surface area contributed by atoms with Crippen molar-refractivity contribution in [3.63, 3.8) is 0 Å². The molecule has 0 saturated heterocycles. The minimum absolute atomic E-state index is 0.126. The largest absolute Gasteiger partial charge is 0.360 e. The zero-order valence-corrected chi connectivity index (χ0v) is 21.6. The Kier molecular flexibility index (Phi) is 10.2. The van der Waals surface area contributed by atoms with Gasteiger partial charge in [-0.05, 0) is 43.2 Å². The molecule has 0 aliphatic carbocycles. The van der Waals surface area contributed by atoms with E-state index in [1.807, 2.05) is 68.4 Å². The Labute approximate surface area is 218 Å². The average Bonchev–Trinajstić information content (AvgIpc) is 3.33. The molecule has 2 amide bonds. The van der Waals surface area contributed by atoms with Gasteiger partial charge in [-0.2, -0.15) is 0 Å². The summed E-state index contributed by atoms with van der Waals surface area (Å²) in [4.78, 5) is 43.3. The lowest BCUT2D eigenvalue weighted by Crippen LogP contribution is -2.48. The molecule has 7 heteroatoms. The van der Waals surface area contributed by atoms with Gasteiger partial charge in [0.05, 0.1) is 12.0 Å². The van der Waals surface area contributed by atoms with Crippen molar-refractivity contribution in [3.8, 4) is 0 Å². The van der Waals surface area contributed by atoms with E-state index in [1.165, 1.54) is 0 Å². The van der Waals surface area contributed by atoms with E-state index in [1.54, 1.807) is 17.8 Å². The van der Waals surface area contributed by atoms with Crippen LogP contribution in [0.25, 0.3) is 10.9 Å². The lowest BCUT2D eigenvalue weighted by molar-refractivity contribution is -0.141. The first-order chi connectivity index (χ1) is 17.8. The first-order valence-corrected chi connectivity index (χ1v) is 12.8. The quantitative estimate of drug-likeness (QED) is 0.0795. The van der Waals surface area contributed by atoms with Crippen molar-refractivity contribution in [1.82, 2.24) is 15.8 Å². The van der Waals surface area contributed by atoms with E-state index in [9.17, 15) is 19.6 Å². The number of fused-ring (bicyclic) bond motifs is 1. The van der Waals surface area contributed by atoms with Crippen LogP contribution in [0, 0.1) is 17.8 Å². The highest BCUT2D eigenvalue weighted by Crippen LogP contribution is 2.27. The summed E-state index contributed by atoms with van der Waals surface area (Å²) in [6.07, 6.45) is 5.97. The van der Waals surface area contributed by atoms with Crippen molar-refractivity contribution in [3.05, 3.63) is 84.6 Å². The summed E-state index contributed by atoms with van der Waals surface area (Å²) >= 11 is 0. The number of carbonyl (C=O) groups is 3. The molecule has 3 rings (SSSR count). The maximum Gasteiger partial charge on any atom is 0.247 e. The second-order valence-electron chi connectivity index (χ2n) is 9.90. The maximum atomic E-state index is 13.8.